The number of halogens is 1. The summed E-state index contributed by atoms with van der Waals surface area (Å²) in [5, 5.41) is 3.65. The average Bonchev–Trinajstić information content (AvgIpc) is 3.12. The van der Waals surface area contributed by atoms with E-state index in [1.165, 1.54) is 25.7 Å². The Morgan fingerprint density at radius 3 is 2.82 bits per heavy atom. The van der Waals surface area contributed by atoms with Gasteiger partial charge in [-0.05, 0) is 85.8 Å². The van der Waals surface area contributed by atoms with Crippen molar-refractivity contribution in [2.24, 2.45) is 34.5 Å². The summed E-state index contributed by atoms with van der Waals surface area (Å²) < 4.78 is 0. The highest BCUT2D eigenvalue weighted by atomic mass is 35.5. The van der Waals surface area contributed by atoms with Crippen LogP contribution in [0.15, 0.2) is 30.5 Å². The van der Waals surface area contributed by atoms with E-state index in [-0.39, 0.29) is 22.6 Å². The Labute approximate surface area is 202 Å². The van der Waals surface area contributed by atoms with Crippen LogP contribution < -0.4 is 5.32 Å². The highest BCUT2D eigenvalue weighted by molar-refractivity contribution is 6.31. The maximum atomic E-state index is 12.9. The van der Waals surface area contributed by atoms with E-state index in [0.29, 0.717) is 47.7 Å². The first-order valence-electron chi connectivity index (χ1n) is 12.6. The molecule has 2 amide bonds. The third-order valence-corrected chi connectivity index (χ3v) is 10.4. The van der Waals surface area contributed by atoms with E-state index >= 15 is 0 Å². The van der Waals surface area contributed by atoms with Crippen LogP contribution in [0.4, 0.5) is 0 Å². The van der Waals surface area contributed by atoms with E-state index in [9.17, 15) is 9.59 Å². The zero-order chi connectivity index (χ0) is 23.4. The van der Waals surface area contributed by atoms with Gasteiger partial charge in [0, 0.05) is 31.1 Å². The molecule has 4 unspecified atom stereocenters. The van der Waals surface area contributed by atoms with Gasteiger partial charge in [0.05, 0.1) is 17.3 Å². The number of nitrogens with one attached hydrogen (secondary N) is 1. The minimum absolute atomic E-state index is 0.0737. The van der Waals surface area contributed by atoms with Crippen LogP contribution in [0, 0.1) is 34.5 Å². The molecule has 0 aromatic carbocycles. The average molecular weight is 470 g/mol. The topological polar surface area (TPSA) is 62.3 Å². The van der Waals surface area contributed by atoms with E-state index in [1.54, 1.807) is 12.3 Å². The standard InChI is InChI=1S/C27H36ClN3O2/c1-26-12-10-20-18(7-9-23-27(20,2)13-11-25(33)31(23)3)19(26)8-6-17(26)15-24(32)30-16-22-21(28)5-4-14-29-22/h4-5,11,13-14,17-20,23H,6-10,12,15-16H2,1-3H3,(H,30,32)/t17-,18?,19?,20?,23?,26-,27-/m1/s1. The molecule has 5 nitrogen and oxygen atoms in total. The second-order valence-electron chi connectivity index (χ2n) is 11.4. The Bertz CT molecular complexity index is 980. The number of likely N-dealkylation sites (N-methyl/N-ethyl adjacent to an activating group) is 1. The summed E-state index contributed by atoms with van der Waals surface area (Å²) in [7, 11) is 1.98. The first-order chi connectivity index (χ1) is 15.7. The quantitative estimate of drug-likeness (QED) is 0.675. The van der Waals surface area contributed by atoms with Crippen LogP contribution in [0.5, 0.6) is 0 Å². The molecule has 1 aromatic heterocycles. The van der Waals surface area contributed by atoms with E-state index in [1.807, 2.05) is 24.1 Å². The van der Waals surface area contributed by atoms with Crippen molar-refractivity contribution in [3.63, 3.8) is 0 Å². The number of fused-ring (bicyclic) bond motifs is 5. The Balaban J connectivity index is 1.27. The van der Waals surface area contributed by atoms with Crippen molar-refractivity contribution in [2.75, 3.05) is 7.05 Å². The molecule has 4 aliphatic rings. The van der Waals surface area contributed by atoms with Crippen molar-refractivity contribution in [1.82, 2.24) is 15.2 Å². The van der Waals surface area contributed by atoms with Gasteiger partial charge in [-0.3, -0.25) is 14.6 Å². The molecule has 0 bridgehead atoms. The number of pyridine rings is 1. The van der Waals surface area contributed by atoms with Gasteiger partial charge in [0.1, 0.15) is 0 Å². The lowest BCUT2D eigenvalue weighted by Crippen LogP contribution is -2.59. The van der Waals surface area contributed by atoms with Crippen molar-refractivity contribution < 1.29 is 9.59 Å². The second-order valence-corrected chi connectivity index (χ2v) is 11.8. The third-order valence-electron chi connectivity index (χ3n) is 10.0. The van der Waals surface area contributed by atoms with Crippen molar-refractivity contribution in [1.29, 1.82) is 0 Å². The highest BCUT2D eigenvalue weighted by Crippen LogP contribution is 2.65. The SMILES string of the molecule is CN1C(=O)C=C[C@]2(C)C3CC[C@@]4(C)C(CC[C@@H]4CC(=O)NCc4ncccc4Cl)C3CCC12. The molecular formula is C27H36ClN3O2. The number of amides is 2. The molecule has 0 spiro atoms. The Morgan fingerprint density at radius 1 is 1.21 bits per heavy atom. The molecular weight excluding hydrogens is 434 g/mol. The predicted molar refractivity (Wildman–Crippen MR) is 129 cm³/mol. The van der Waals surface area contributed by atoms with Gasteiger partial charge in [0.25, 0.3) is 0 Å². The summed E-state index contributed by atoms with van der Waals surface area (Å²) in [6.45, 7) is 5.23. The molecule has 6 heteroatoms. The summed E-state index contributed by atoms with van der Waals surface area (Å²) in [4.78, 5) is 31.4. The summed E-state index contributed by atoms with van der Waals surface area (Å²) >= 11 is 6.19. The Hall–Kier alpha value is -1.88. The fourth-order valence-electron chi connectivity index (χ4n) is 8.21. The lowest BCUT2D eigenvalue weighted by Gasteiger charge is -2.60. The summed E-state index contributed by atoms with van der Waals surface area (Å²) in [5.74, 6) is 2.68. The van der Waals surface area contributed by atoms with Crippen molar-refractivity contribution in [3.05, 3.63) is 41.2 Å². The number of nitrogens with zero attached hydrogens (tertiary/aromatic N) is 2. The van der Waals surface area contributed by atoms with Crippen LogP contribution in [-0.4, -0.2) is 34.8 Å². The molecule has 5 rings (SSSR count). The third kappa shape index (κ3) is 3.71. The lowest BCUT2D eigenvalue weighted by atomic mass is 9.47. The predicted octanol–water partition coefficient (Wildman–Crippen LogP) is 5.00. The zero-order valence-corrected chi connectivity index (χ0v) is 20.8. The van der Waals surface area contributed by atoms with Crippen LogP contribution >= 0.6 is 11.6 Å². The van der Waals surface area contributed by atoms with Crippen LogP contribution in [-0.2, 0) is 16.1 Å². The maximum absolute atomic E-state index is 12.9. The molecule has 1 N–H and O–H groups in total. The minimum atomic E-state index is 0.0737. The van der Waals surface area contributed by atoms with Crippen LogP contribution in [0.1, 0.15) is 64.5 Å². The molecule has 3 saturated carbocycles. The fourth-order valence-corrected chi connectivity index (χ4v) is 8.40. The molecule has 1 aromatic rings. The first kappa shape index (κ1) is 22.9. The van der Waals surface area contributed by atoms with E-state index in [2.05, 4.69) is 30.2 Å². The number of hydrogen-bond acceptors (Lipinski definition) is 3. The van der Waals surface area contributed by atoms with Gasteiger partial charge in [-0.2, -0.15) is 0 Å². The fraction of sp³-hybridized carbons (Fsp3) is 0.667. The van der Waals surface area contributed by atoms with E-state index in [0.717, 1.165) is 18.5 Å². The van der Waals surface area contributed by atoms with Crippen molar-refractivity contribution in [3.8, 4) is 0 Å². The highest BCUT2D eigenvalue weighted by Gasteiger charge is 2.60. The molecule has 0 radical (unpaired) electrons. The molecule has 2 heterocycles. The van der Waals surface area contributed by atoms with E-state index in [4.69, 9.17) is 11.6 Å². The molecule has 1 aliphatic heterocycles. The van der Waals surface area contributed by atoms with E-state index < -0.39 is 0 Å². The second kappa shape index (κ2) is 8.41. The number of carbonyl (C=O) groups excluding carboxylic acids is 2. The largest absolute Gasteiger partial charge is 0.350 e. The van der Waals surface area contributed by atoms with Crippen LogP contribution in [0.3, 0.4) is 0 Å². The molecule has 7 atom stereocenters. The maximum Gasteiger partial charge on any atom is 0.246 e. The van der Waals surface area contributed by atoms with Gasteiger partial charge in [0.2, 0.25) is 11.8 Å². The summed E-state index contributed by atoms with van der Waals surface area (Å²) in [5.41, 5.74) is 1.02. The van der Waals surface area contributed by atoms with Gasteiger partial charge >= 0.3 is 0 Å². The Kier molecular flexibility index (Phi) is 5.83. The smallest absolute Gasteiger partial charge is 0.246 e. The van der Waals surface area contributed by atoms with Crippen LogP contribution in [0.25, 0.3) is 0 Å². The monoisotopic (exact) mass is 469 g/mol. The number of rotatable bonds is 4. The summed E-state index contributed by atoms with van der Waals surface area (Å²) in [6.07, 6.45) is 13.4. The number of hydrogen-bond donors (Lipinski definition) is 1. The molecule has 3 fully saturated rings. The molecule has 33 heavy (non-hydrogen) atoms. The van der Waals surface area contributed by atoms with Gasteiger partial charge in [-0.15, -0.1) is 0 Å². The number of carbonyl (C=O) groups is 2. The lowest BCUT2D eigenvalue weighted by molar-refractivity contribution is -0.139. The first-order valence-corrected chi connectivity index (χ1v) is 12.9. The number of aromatic nitrogens is 1. The molecule has 3 aliphatic carbocycles. The van der Waals surface area contributed by atoms with Gasteiger partial charge < -0.3 is 10.2 Å². The van der Waals surface area contributed by atoms with Gasteiger partial charge in [0.15, 0.2) is 0 Å². The molecule has 0 saturated heterocycles. The van der Waals surface area contributed by atoms with Crippen LogP contribution in [0.2, 0.25) is 5.02 Å². The van der Waals surface area contributed by atoms with Crippen molar-refractivity contribution in [2.45, 2.75) is 71.4 Å². The van der Waals surface area contributed by atoms with Gasteiger partial charge in [-0.25, -0.2) is 0 Å². The normalized spacial score (nSPS) is 39.6. The minimum Gasteiger partial charge on any atom is -0.350 e. The molecule has 178 valence electrons. The Morgan fingerprint density at radius 2 is 2.03 bits per heavy atom. The summed E-state index contributed by atoms with van der Waals surface area (Å²) in [6, 6.07) is 3.93. The zero-order valence-electron chi connectivity index (χ0n) is 20.0. The van der Waals surface area contributed by atoms with Gasteiger partial charge in [-0.1, -0.05) is 31.5 Å². The van der Waals surface area contributed by atoms with Crippen molar-refractivity contribution >= 4 is 23.4 Å².